The highest BCUT2D eigenvalue weighted by Gasteiger charge is 2.74. The van der Waals surface area contributed by atoms with E-state index in [1.807, 2.05) is 23.5 Å². The minimum absolute atomic E-state index is 0.0141. The van der Waals surface area contributed by atoms with Crippen LogP contribution >= 0.6 is 11.3 Å². The number of aryl methyl sites for hydroxylation is 1. The van der Waals surface area contributed by atoms with Crippen LogP contribution in [0.1, 0.15) is 72.7 Å². The van der Waals surface area contributed by atoms with Gasteiger partial charge in [-0.05, 0) is 97.6 Å². The van der Waals surface area contributed by atoms with Crippen molar-refractivity contribution in [1.82, 2.24) is 4.98 Å². The Balaban J connectivity index is 1.20. The van der Waals surface area contributed by atoms with Crippen molar-refractivity contribution < 1.29 is 9.84 Å². The molecule has 33 heavy (non-hydrogen) atoms. The molecule has 1 saturated heterocycles. The second-order valence-corrected chi connectivity index (χ2v) is 12.1. The van der Waals surface area contributed by atoms with Crippen molar-refractivity contribution >= 4 is 21.6 Å². The molecule has 2 saturated carbocycles. The van der Waals surface area contributed by atoms with E-state index < -0.39 is 0 Å². The molecule has 3 fully saturated rings. The number of aromatic hydroxyl groups is 1. The molecule has 4 heteroatoms. The zero-order valence-electron chi connectivity index (χ0n) is 19.2. The summed E-state index contributed by atoms with van der Waals surface area (Å²) in [7, 11) is 0. The summed E-state index contributed by atoms with van der Waals surface area (Å²) in [4.78, 5) is 4.97. The first-order valence-corrected chi connectivity index (χ1v) is 13.3. The lowest BCUT2D eigenvalue weighted by Crippen LogP contribution is -2.45. The quantitative estimate of drug-likeness (QED) is 0.337. The number of epoxide rings is 1. The summed E-state index contributed by atoms with van der Waals surface area (Å²) < 4.78 is 7.94. The first-order chi connectivity index (χ1) is 16.0. The predicted octanol–water partition coefficient (Wildman–Crippen LogP) is 7.10. The Bertz CT molecular complexity index is 1250. The van der Waals surface area contributed by atoms with Crippen LogP contribution in [0.15, 0.2) is 49.1 Å². The van der Waals surface area contributed by atoms with E-state index in [1.165, 1.54) is 52.9 Å². The third-order valence-electron chi connectivity index (χ3n) is 9.70. The maximum absolute atomic E-state index is 10.5. The summed E-state index contributed by atoms with van der Waals surface area (Å²) in [5.41, 5.74) is 5.22. The molecule has 1 aliphatic heterocycles. The van der Waals surface area contributed by atoms with E-state index in [0.717, 1.165) is 29.8 Å². The Morgan fingerprint density at radius 3 is 2.94 bits per heavy atom. The molecular weight excluding hydrogens is 426 g/mol. The fourth-order valence-electron chi connectivity index (χ4n) is 8.06. The van der Waals surface area contributed by atoms with E-state index in [4.69, 9.17) is 9.72 Å². The molecule has 0 amide bonds. The van der Waals surface area contributed by atoms with Crippen molar-refractivity contribution in [2.24, 2.45) is 17.3 Å². The largest absolute Gasteiger partial charge is 0.508 e. The van der Waals surface area contributed by atoms with E-state index >= 15 is 0 Å². The number of para-hydroxylation sites is 1. The predicted molar refractivity (Wildman–Crippen MR) is 133 cm³/mol. The minimum Gasteiger partial charge on any atom is -0.508 e. The summed E-state index contributed by atoms with van der Waals surface area (Å²) in [6.45, 7) is 6.41. The molecule has 1 N–H and O–H groups in total. The van der Waals surface area contributed by atoms with Gasteiger partial charge in [-0.25, -0.2) is 4.98 Å². The van der Waals surface area contributed by atoms with Gasteiger partial charge in [0.05, 0.1) is 10.2 Å². The lowest BCUT2D eigenvalue weighted by molar-refractivity contribution is 0.0120. The van der Waals surface area contributed by atoms with Gasteiger partial charge in [-0.2, -0.15) is 0 Å². The number of hydrogen-bond donors (Lipinski definition) is 1. The highest BCUT2D eigenvalue weighted by Crippen LogP contribution is 2.75. The zero-order valence-corrected chi connectivity index (χ0v) is 20.0. The monoisotopic (exact) mass is 457 g/mol. The number of ether oxygens (including phenoxy) is 1. The molecule has 0 radical (unpaired) electrons. The van der Waals surface area contributed by atoms with E-state index in [-0.39, 0.29) is 17.1 Å². The highest BCUT2D eigenvalue weighted by atomic mass is 32.1. The van der Waals surface area contributed by atoms with Crippen LogP contribution in [0.2, 0.25) is 0 Å². The van der Waals surface area contributed by atoms with Gasteiger partial charge in [0.1, 0.15) is 22.5 Å². The first-order valence-electron chi connectivity index (χ1n) is 12.5. The van der Waals surface area contributed by atoms with Crippen molar-refractivity contribution in [3.63, 3.8) is 0 Å². The van der Waals surface area contributed by atoms with Crippen molar-refractivity contribution in [1.29, 1.82) is 0 Å². The average Bonchev–Trinajstić information content (AvgIpc) is 3.28. The molecule has 3 aliphatic carbocycles. The lowest BCUT2D eigenvalue weighted by atomic mass is 9.53. The van der Waals surface area contributed by atoms with Gasteiger partial charge >= 0.3 is 0 Å². The number of allylic oxidation sites excluding steroid dienone is 1. The van der Waals surface area contributed by atoms with Gasteiger partial charge in [-0.15, -0.1) is 17.9 Å². The fourth-order valence-corrected chi connectivity index (χ4v) is 9.14. The normalized spacial score (nSPS) is 36.4. The van der Waals surface area contributed by atoms with E-state index in [0.29, 0.717) is 17.6 Å². The number of benzene rings is 2. The van der Waals surface area contributed by atoms with Crippen molar-refractivity contribution in [3.05, 3.63) is 70.8 Å². The molecular formula is C29H31NO2S. The molecule has 6 atom stereocenters. The van der Waals surface area contributed by atoms with Crippen molar-refractivity contribution in [2.45, 2.75) is 69.5 Å². The van der Waals surface area contributed by atoms with Crippen LogP contribution in [0.5, 0.6) is 5.75 Å². The van der Waals surface area contributed by atoms with E-state index in [9.17, 15) is 5.11 Å². The van der Waals surface area contributed by atoms with Gasteiger partial charge in [-0.3, -0.25) is 0 Å². The van der Waals surface area contributed by atoms with Gasteiger partial charge in [-0.1, -0.05) is 31.2 Å². The first kappa shape index (κ1) is 20.2. The minimum atomic E-state index is -0.0141. The Hall–Kier alpha value is -2.17. The maximum atomic E-state index is 10.5. The molecule has 0 bridgehead atoms. The topological polar surface area (TPSA) is 45.6 Å². The third-order valence-corrected chi connectivity index (χ3v) is 10.8. The standard InChI is InChI=1S/C29H31NO2S/c1-3-6-18-15-21-17(16-24(18)31)9-10-20-19(21)11-13-28(2)22(20)12-14-29(28)26(32-29)27-30-23-7-4-5-8-25(23)33-27/h3-5,7-8,15-16,19-20,22,26,31H,1,6,9-14H2,2H3/t19-,20+,22-,26+,28-,29-/m0/s1. The van der Waals surface area contributed by atoms with Crippen LogP contribution in [0.25, 0.3) is 10.2 Å². The number of thiazole rings is 1. The number of nitrogens with zero attached hydrogens (tertiary/aromatic N) is 1. The smallest absolute Gasteiger partial charge is 0.139 e. The average molecular weight is 458 g/mol. The molecule has 3 aromatic rings. The Morgan fingerprint density at radius 2 is 2.09 bits per heavy atom. The third kappa shape index (κ3) is 2.68. The second-order valence-electron chi connectivity index (χ2n) is 11.0. The molecule has 170 valence electrons. The molecule has 1 spiro atoms. The van der Waals surface area contributed by atoms with Gasteiger partial charge in [0.2, 0.25) is 0 Å². The lowest BCUT2D eigenvalue weighted by Gasteiger charge is -2.50. The number of aromatic nitrogens is 1. The molecule has 2 aromatic carbocycles. The molecule has 7 rings (SSSR count). The molecule has 2 heterocycles. The zero-order chi connectivity index (χ0) is 22.4. The van der Waals surface area contributed by atoms with Crippen LogP contribution in [0.4, 0.5) is 0 Å². The van der Waals surface area contributed by atoms with Gasteiger partial charge in [0, 0.05) is 5.41 Å². The summed E-state index contributed by atoms with van der Waals surface area (Å²) >= 11 is 1.82. The number of fused-ring (bicyclic) bond motifs is 7. The Kier molecular flexibility index (Phi) is 4.24. The fraction of sp³-hybridized carbons (Fsp3) is 0.483. The van der Waals surface area contributed by atoms with Crippen molar-refractivity contribution in [3.8, 4) is 5.75 Å². The molecule has 1 aromatic heterocycles. The van der Waals surface area contributed by atoms with E-state index in [1.54, 1.807) is 0 Å². The number of hydrogen-bond acceptors (Lipinski definition) is 4. The number of rotatable bonds is 3. The Labute approximate surface area is 199 Å². The second kappa shape index (κ2) is 6.93. The molecule has 3 nitrogen and oxygen atoms in total. The van der Waals surface area contributed by atoms with Crippen LogP contribution in [-0.2, 0) is 17.6 Å². The summed E-state index contributed by atoms with van der Waals surface area (Å²) in [5, 5.41) is 11.7. The van der Waals surface area contributed by atoms with Gasteiger partial charge in [0.15, 0.2) is 0 Å². The Morgan fingerprint density at radius 1 is 1.21 bits per heavy atom. The summed E-state index contributed by atoms with van der Waals surface area (Å²) in [6.07, 6.45) is 10.0. The molecule has 0 unspecified atom stereocenters. The molecule has 4 aliphatic rings. The van der Waals surface area contributed by atoms with Gasteiger partial charge < -0.3 is 9.84 Å². The van der Waals surface area contributed by atoms with Crippen LogP contribution in [-0.4, -0.2) is 15.7 Å². The number of phenols is 1. The summed E-state index contributed by atoms with van der Waals surface area (Å²) in [5.74, 6) is 2.49. The highest BCUT2D eigenvalue weighted by molar-refractivity contribution is 7.18. The van der Waals surface area contributed by atoms with Crippen molar-refractivity contribution in [2.75, 3.05) is 0 Å². The number of phenolic OH excluding ortho intramolecular Hbond substituents is 1. The van der Waals surface area contributed by atoms with Crippen LogP contribution < -0.4 is 0 Å². The van der Waals surface area contributed by atoms with Crippen LogP contribution in [0.3, 0.4) is 0 Å². The van der Waals surface area contributed by atoms with Crippen LogP contribution in [0, 0.1) is 17.3 Å². The maximum Gasteiger partial charge on any atom is 0.139 e. The summed E-state index contributed by atoms with van der Waals surface area (Å²) in [6, 6.07) is 12.8. The van der Waals surface area contributed by atoms with E-state index in [2.05, 4.69) is 43.8 Å². The van der Waals surface area contributed by atoms with Gasteiger partial charge in [0.25, 0.3) is 0 Å². The SMILES string of the molecule is C=CCc1cc2c(cc1O)CC[C@@H]1[C@@H]2CC[C@@]2(C)[C@H]1CC[C@@]21O[C@@H]1c1nc2ccccc2s1.